The van der Waals surface area contributed by atoms with E-state index in [1.54, 1.807) is 25.3 Å². The number of phenolic OH excluding ortho intramolecular Hbond substituents is 1. The number of hydrogen-bond acceptors (Lipinski definition) is 5. The third-order valence-corrected chi connectivity index (χ3v) is 7.29. The second kappa shape index (κ2) is 11.8. The first kappa shape index (κ1) is 27.5. The molecule has 1 saturated carbocycles. The summed E-state index contributed by atoms with van der Waals surface area (Å²) < 4.78 is 0. The lowest BCUT2D eigenvalue weighted by Gasteiger charge is -2.32. The van der Waals surface area contributed by atoms with Crippen molar-refractivity contribution in [3.05, 3.63) is 52.1 Å². The molecule has 0 unspecified atom stereocenters. The molecule has 1 fully saturated rings. The molecule has 5 nitrogen and oxygen atoms in total. The number of fused-ring (bicyclic) bond motifs is 1. The number of nitrogens with zero attached hydrogens (tertiary/aromatic N) is 2. The van der Waals surface area contributed by atoms with Crippen LogP contribution in [0.2, 0.25) is 10.0 Å². The Morgan fingerprint density at radius 1 is 1.14 bits per heavy atom. The molecule has 188 valence electrons. The van der Waals surface area contributed by atoms with Crippen molar-refractivity contribution in [1.29, 1.82) is 0 Å². The Kier molecular flexibility index (Phi) is 9.28. The van der Waals surface area contributed by atoms with Crippen LogP contribution in [-0.2, 0) is 0 Å². The van der Waals surface area contributed by atoms with E-state index in [4.69, 9.17) is 23.2 Å². The van der Waals surface area contributed by atoms with E-state index in [2.05, 4.69) is 29.3 Å². The summed E-state index contributed by atoms with van der Waals surface area (Å²) in [5, 5.41) is 15.0. The van der Waals surface area contributed by atoms with Crippen molar-refractivity contribution in [3.63, 3.8) is 0 Å². The van der Waals surface area contributed by atoms with Gasteiger partial charge in [-0.1, -0.05) is 42.1 Å². The van der Waals surface area contributed by atoms with Crippen LogP contribution in [0.4, 0.5) is 5.69 Å². The number of carbonyl (C=O) groups is 1. The molecule has 3 aromatic rings. The number of Topliss-reactive ketones (excluding diaryl/α,β-unsaturated/α-hetero) is 1. The van der Waals surface area contributed by atoms with Gasteiger partial charge in [-0.3, -0.25) is 9.78 Å². The summed E-state index contributed by atoms with van der Waals surface area (Å²) in [5.41, 5.74) is 3.92. The van der Waals surface area contributed by atoms with Gasteiger partial charge in [0.2, 0.25) is 0 Å². The molecule has 1 aromatic heterocycles. The predicted molar refractivity (Wildman–Crippen MR) is 149 cm³/mol. The van der Waals surface area contributed by atoms with Crippen molar-refractivity contribution in [1.82, 2.24) is 9.88 Å². The second-order valence-corrected chi connectivity index (χ2v) is 10.4. The van der Waals surface area contributed by atoms with Gasteiger partial charge in [0, 0.05) is 17.6 Å². The number of aromatic hydroxyl groups is 1. The zero-order valence-corrected chi connectivity index (χ0v) is 22.6. The van der Waals surface area contributed by atoms with Gasteiger partial charge in [-0.2, -0.15) is 0 Å². The first-order chi connectivity index (χ1) is 16.2. The van der Waals surface area contributed by atoms with Crippen LogP contribution in [0, 0.1) is 5.92 Å². The van der Waals surface area contributed by atoms with E-state index < -0.39 is 0 Å². The molecule has 4 rings (SSSR count). The molecule has 0 aliphatic heterocycles. The van der Waals surface area contributed by atoms with Crippen molar-refractivity contribution in [3.8, 4) is 16.9 Å². The van der Waals surface area contributed by atoms with Crippen LogP contribution in [0.5, 0.6) is 5.75 Å². The molecular weight excluding hydrogens is 505 g/mol. The summed E-state index contributed by atoms with van der Waals surface area (Å²) in [6, 6.07) is 9.60. The fraction of sp³-hybridized carbons (Fsp3) is 0.407. The zero-order valence-electron chi connectivity index (χ0n) is 20.3. The van der Waals surface area contributed by atoms with Crippen molar-refractivity contribution >= 4 is 58.0 Å². The van der Waals surface area contributed by atoms with Crippen LogP contribution >= 0.6 is 35.6 Å². The minimum Gasteiger partial charge on any atom is -0.505 e. The quantitative estimate of drug-likeness (QED) is 0.307. The van der Waals surface area contributed by atoms with Gasteiger partial charge in [-0.25, -0.2) is 0 Å². The van der Waals surface area contributed by atoms with Gasteiger partial charge < -0.3 is 15.3 Å². The molecule has 2 N–H and O–H groups in total. The van der Waals surface area contributed by atoms with Gasteiger partial charge in [-0.15, -0.1) is 12.4 Å². The van der Waals surface area contributed by atoms with Gasteiger partial charge in [0.1, 0.15) is 0 Å². The largest absolute Gasteiger partial charge is 0.505 e. The lowest BCUT2D eigenvalue weighted by Crippen LogP contribution is -2.29. The first-order valence-electron chi connectivity index (χ1n) is 11.8. The van der Waals surface area contributed by atoms with Gasteiger partial charge >= 0.3 is 0 Å². The number of carbonyl (C=O) groups excluding carboxylic acids is 1. The molecule has 1 aliphatic rings. The minimum absolute atomic E-state index is 0. The highest BCUT2D eigenvalue weighted by Gasteiger charge is 2.24. The third-order valence-electron chi connectivity index (χ3n) is 6.71. The summed E-state index contributed by atoms with van der Waals surface area (Å²) >= 11 is 12.3. The maximum absolute atomic E-state index is 12.5. The highest BCUT2D eigenvalue weighted by atomic mass is 35.5. The van der Waals surface area contributed by atoms with E-state index in [0.717, 1.165) is 47.1 Å². The monoisotopic (exact) mass is 535 g/mol. The number of phenols is 1. The van der Waals surface area contributed by atoms with Crippen LogP contribution in [0.1, 0.15) is 49.4 Å². The van der Waals surface area contributed by atoms with Crippen molar-refractivity contribution in [2.24, 2.45) is 5.92 Å². The summed E-state index contributed by atoms with van der Waals surface area (Å²) in [6.45, 7) is 2.67. The summed E-state index contributed by atoms with van der Waals surface area (Å²) in [7, 11) is 4.24. The number of anilines is 1. The van der Waals surface area contributed by atoms with E-state index in [9.17, 15) is 9.90 Å². The summed E-state index contributed by atoms with van der Waals surface area (Å²) in [4.78, 5) is 19.3. The average Bonchev–Trinajstić information content (AvgIpc) is 2.81. The van der Waals surface area contributed by atoms with Crippen molar-refractivity contribution < 1.29 is 9.90 Å². The Labute approximate surface area is 223 Å². The highest BCUT2D eigenvalue weighted by molar-refractivity contribution is 6.37. The van der Waals surface area contributed by atoms with E-state index in [1.807, 2.05) is 18.2 Å². The van der Waals surface area contributed by atoms with Crippen LogP contribution in [-0.4, -0.2) is 47.5 Å². The zero-order chi connectivity index (χ0) is 24.4. The minimum atomic E-state index is -0.128. The van der Waals surface area contributed by atoms with Gasteiger partial charge in [0.25, 0.3) is 0 Å². The molecule has 1 aliphatic carbocycles. The van der Waals surface area contributed by atoms with Crippen LogP contribution in [0.25, 0.3) is 22.0 Å². The number of hydrogen-bond donors (Lipinski definition) is 2. The summed E-state index contributed by atoms with van der Waals surface area (Å²) in [6.07, 6.45) is 7.49. The number of nitrogens with one attached hydrogen (secondary N) is 1. The molecule has 0 bridgehead atoms. The Hall–Kier alpha value is -2.05. The van der Waals surface area contributed by atoms with Crippen LogP contribution in [0.15, 0.2) is 36.5 Å². The summed E-state index contributed by atoms with van der Waals surface area (Å²) in [5.74, 6) is 0.536. The van der Waals surface area contributed by atoms with Gasteiger partial charge in [0.15, 0.2) is 11.5 Å². The van der Waals surface area contributed by atoms with E-state index >= 15 is 0 Å². The molecule has 2 atom stereocenters. The standard InChI is InChI=1S/C27H31Cl2N3O2.ClH/c1-16(33)22-15-30-25-8-7-18(19-13-23(28)27(34)24(29)14-19)12-21(25)26(22)31-20-6-4-5-17(11-20)9-10-32(2)3;/h7-8,12-15,17,20,34H,4-6,9-11H2,1-3H3,(H,30,31);1H/t17-,20+;/m1./s1. The number of halogens is 3. The Morgan fingerprint density at radius 3 is 2.51 bits per heavy atom. The van der Waals surface area contributed by atoms with E-state index in [0.29, 0.717) is 17.5 Å². The van der Waals surface area contributed by atoms with E-state index in [-0.39, 0.29) is 34.0 Å². The number of pyridine rings is 1. The molecule has 1 heterocycles. The first-order valence-corrected chi connectivity index (χ1v) is 12.5. The predicted octanol–water partition coefficient (Wildman–Crippen LogP) is 7.46. The Bertz CT molecular complexity index is 1190. The lowest BCUT2D eigenvalue weighted by molar-refractivity contribution is 0.101. The SMILES string of the molecule is CC(=O)c1cnc2ccc(-c3cc(Cl)c(O)c(Cl)c3)cc2c1N[C@H]1CCC[C@H](CCN(C)C)C1.Cl. The lowest BCUT2D eigenvalue weighted by atomic mass is 9.83. The molecule has 0 saturated heterocycles. The fourth-order valence-electron chi connectivity index (χ4n) is 4.86. The molecule has 35 heavy (non-hydrogen) atoms. The van der Waals surface area contributed by atoms with Crippen LogP contribution < -0.4 is 5.32 Å². The maximum atomic E-state index is 12.5. The van der Waals surface area contributed by atoms with Crippen molar-refractivity contribution in [2.45, 2.75) is 45.1 Å². The number of rotatable bonds is 7. The maximum Gasteiger partial charge on any atom is 0.163 e. The molecule has 0 radical (unpaired) electrons. The second-order valence-electron chi connectivity index (χ2n) is 9.59. The van der Waals surface area contributed by atoms with E-state index in [1.165, 1.54) is 19.3 Å². The smallest absolute Gasteiger partial charge is 0.163 e. The van der Waals surface area contributed by atoms with Gasteiger partial charge in [-0.05, 0) is 88.1 Å². The Balaban J connectivity index is 0.00000342. The normalized spacial score (nSPS) is 17.9. The van der Waals surface area contributed by atoms with Crippen LogP contribution in [0.3, 0.4) is 0 Å². The number of aromatic nitrogens is 1. The topological polar surface area (TPSA) is 65.5 Å². The number of ketones is 1. The molecule has 0 amide bonds. The van der Waals surface area contributed by atoms with Crippen molar-refractivity contribution in [2.75, 3.05) is 26.0 Å². The molecular formula is C27H32Cl3N3O2. The third kappa shape index (κ3) is 6.39. The molecule has 2 aromatic carbocycles. The fourth-order valence-corrected chi connectivity index (χ4v) is 5.34. The highest BCUT2D eigenvalue weighted by Crippen LogP contribution is 2.39. The number of benzene rings is 2. The Morgan fingerprint density at radius 2 is 1.86 bits per heavy atom. The molecule has 8 heteroatoms. The average molecular weight is 537 g/mol. The van der Waals surface area contributed by atoms with Gasteiger partial charge in [0.05, 0.1) is 26.8 Å². The molecule has 0 spiro atoms.